The molecule has 0 saturated heterocycles. The lowest BCUT2D eigenvalue weighted by molar-refractivity contribution is -0.119. The van der Waals surface area contributed by atoms with Gasteiger partial charge in [-0.25, -0.2) is 14.6 Å². The summed E-state index contributed by atoms with van der Waals surface area (Å²) >= 11 is 0. The van der Waals surface area contributed by atoms with Crippen molar-refractivity contribution >= 4 is 35.0 Å². The molecule has 1 heterocycles. The van der Waals surface area contributed by atoms with E-state index in [1.165, 1.54) is 18.1 Å². The highest BCUT2D eigenvalue weighted by molar-refractivity contribution is 6.20. The molecule has 1 atom stereocenters. The Balaban J connectivity index is 1.64. The zero-order valence-corrected chi connectivity index (χ0v) is 18.1. The van der Waals surface area contributed by atoms with Crippen LogP contribution in [0.25, 0.3) is 0 Å². The van der Waals surface area contributed by atoms with Crippen LogP contribution < -0.4 is 15.5 Å². The molecule has 0 saturated carbocycles. The minimum absolute atomic E-state index is 0.292. The molecule has 3 aromatic carbocycles. The molecular formula is C25H22N4O4. The number of urea groups is 1. The third-order valence-corrected chi connectivity index (χ3v) is 5.20. The van der Waals surface area contributed by atoms with E-state index in [1.54, 1.807) is 25.2 Å². The number of esters is 1. The lowest BCUT2D eigenvalue weighted by Gasteiger charge is -2.21. The van der Waals surface area contributed by atoms with Crippen molar-refractivity contribution in [3.05, 3.63) is 95.6 Å². The highest BCUT2D eigenvalue weighted by Gasteiger charge is 2.31. The van der Waals surface area contributed by atoms with E-state index in [-0.39, 0.29) is 5.91 Å². The molecule has 4 rings (SSSR count). The molecule has 1 aliphatic rings. The number of amides is 3. The van der Waals surface area contributed by atoms with E-state index in [4.69, 9.17) is 4.74 Å². The van der Waals surface area contributed by atoms with Crippen LogP contribution in [0.2, 0.25) is 0 Å². The molecule has 3 amide bonds. The van der Waals surface area contributed by atoms with Gasteiger partial charge in [-0.1, -0.05) is 54.6 Å². The average Bonchev–Trinajstić information content (AvgIpc) is 2.95. The van der Waals surface area contributed by atoms with Crippen LogP contribution in [0.15, 0.2) is 83.9 Å². The Kier molecular flexibility index (Phi) is 6.17. The molecule has 0 bridgehead atoms. The Bertz CT molecular complexity index is 1240. The minimum atomic E-state index is -1.15. The number of hydrogen-bond donors (Lipinski definition) is 2. The van der Waals surface area contributed by atoms with Crippen LogP contribution in [0.1, 0.15) is 21.5 Å². The van der Waals surface area contributed by atoms with Gasteiger partial charge in [-0.15, -0.1) is 0 Å². The number of aliphatic imine (C=N–C) groups is 1. The Morgan fingerprint density at radius 2 is 1.70 bits per heavy atom. The summed E-state index contributed by atoms with van der Waals surface area (Å²) in [5.74, 6) is -0.902. The Morgan fingerprint density at radius 1 is 0.970 bits per heavy atom. The van der Waals surface area contributed by atoms with Gasteiger partial charge in [0.2, 0.25) is 6.17 Å². The normalized spacial score (nSPS) is 15.1. The van der Waals surface area contributed by atoms with Crippen LogP contribution in [0.3, 0.4) is 0 Å². The maximum absolute atomic E-state index is 13.2. The van der Waals surface area contributed by atoms with Gasteiger partial charge in [-0.3, -0.25) is 4.79 Å². The quantitative estimate of drug-likeness (QED) is 0.605. The fourth-order valence-corrected chi connectivity index (χ4v) is 3.58. The molecule has 2 N–H and O–H groups in total. The monoisotopic (exact) mass is 442 g/mol. The number of benzodiazepines with no additional fused rings is 1. The first-order valence-corrected chi connectivity index (χ1v) is 10.2. The number of carbonyl (C=O) groups is 3. The number of nitrogens with one attached hydrogen (secondary N) is 2. The summed E-state index contributed by atoms with van der Waals surface area (Å²) in [6.07, 6.45) is -1.15. The van der Waals surface area contributed by atoms with E-state index in [0.29, 0.717) is 22.6 Å². The van der Waals surface area contributed by atoms with Gasteiger partial charge in [0.1, 0.15) is 0 Å². The largest absolute Gasteiger partial charge is 0.465 e. The Morgan fingerprint density at radius 3 is 2.45 bits per heavy atom. The summed E-state index contributed by atoms with van der Waals surface area (Å²) in [5, 5.41) is 5.28. The third kappa shape index (κ3) is 4.59. The van der Waals surface area contributed by atoms with E-state index in [1.807, 2.05) is 54.6 Å². The predicted molar refractivity (Wildman–Crippen MR) is 126 cm³/mol. The number of fused-ring (bicyclic) bond motifs is 1. The number of carbonyl (C=O) groups excluding carboxylic acids is 3. The van der Waals surface area contributed by atoms with Gasteiger partial charge < -0.3 is 20.3 Å². The van der Waals surface area contributed by atoms with Crippen LogP contribution >= 0.6 is 0 Å². The molecule has 8 heteroatoms. The SMILES string of the molecule is COC(=O)c1cccc(NC(=O)N[C@@H]2N=C(c3ccccc3)c3ccccc3N(C)C2=O)c1. The minimum Gasteiger partial charge on any atom is -0.465 e. The average molecular weight is 442 g/mol. The summed E-state index contributed by atoms with van der Waals surface area (Å²) in [6.45, 7) is 0. The summed E-state index contributed by atoms with van der Waals surface area (Å²) in [6, 6.07) is 22.6. The van der Waals surface area contributed by atoms with E-state index >= 15 is 0 Å². The molecule has 166 valence electrons. The van der Waals surface area contributed by atoms with E-state index < -0.39 is 18.2 Å². The number of anilines is 2. The van der Waals surface area contributed by atoms with E-state index in [2.05, 4.69) is 15.6 Å². The number of methoxy groups -OCH3 is 1. The number of nitrogens with zero attached hydrogens (tertiary/aromatic N) is 2. The van der Waals surface area contributed by atoms with Crippen LogP contribution in [0, 0.1) is 0 Å². The lowest BCUT2D eigenvalue weighted by atomic mass is 10.0. The van der Waals surface area contributed by atoms with Gasteiger partial charge in [0, 0.05) is 23.9 Å². The summed E-state index contributed by atoms with van der Waals surface area (Å²) < 4.78 is 4.71. The summed E-state index contributed by atoms with van der Waals surface area (Å²) in [7, 11) is 2.93. The highest BCUT2D eigenvalue weighted by Crippen LogP contribution is 2.27. The first-order valence-electron chi connectivity index (χ1n) is 10.2. The molecule has 0 spiro atoms. The first kappa shape index (κ1) is 21.8. The topological polar surface area (TPSA) is 100 Å². The van der Waals surface area contributed by atoms with E-state index in [9.17, 15) is 14.4 Å². The van der Waals surface area contributed by atoms with Gasteiger partial charge in [0.15, 0.2) is 0 Å². The van der Waals surface area contributed by atoms with Gasteiger partial charge in [0.25, 0.3) is 5.91 Å². The van der Waals surface area contributed by atoms with Gasteiger partial charge in [0.05, 0.1) is 24.1 Å². The molecule has 0 radical (unpaired) electrons. The van der Waals surface area contributed by atoms with Crippen molar-refractivity contribution in [1.29, 1.82) is 0 Å². The smallest absolute Gasteiger partial charge is 0.337 e. The van der Waals surface area contributed by atoms with Crippen LogP contribution in [0.5, 0.6) is 0 Å². The van der Waals surface area contributed by atoms with Crippen molar-refractivity contribution in [2.24, 2.45) is 4.99 Å². The van der Waals surface area contributed by atoms with Gasteiger partial charge in [-0.2, -0.15) is 0 Å². The van der Waals surface area contributed by atoms with Crippen molar-refractivity contribution in [1.82, 2.24) is 5.32 Å². The van der Waals surface area contributed by atoms with Crippen LogP contribution in [0.4, 0.5) is 16.2 Å². The zero-order valence-electron chi connectivity index (χ0n) is 18.1. The van der Waals surface area contributed by atoms with Gasteiger partial charge in [-0.05, 0) is 24.3 Å². The Hall–Kier alpha value is -4.46. The molecule has 3 aromatic rings. The van der Waals surface area contributed by atoms with Crippen molar-refractivity contribution < 1.29 is 19.1 Å². The highest BCUT2D eigenvalue weighted by atomic mass is 16.5. The number of benzene rings is 3. The number of ether oxygens (including phenoxy) is 1. The second kappa shape index (κ2) is 9.35. The zero-order chi connectivity index (χ0) is 23.4. The maximum atomic E-state index is 13.2. The first-order chi connectivity index (χ1) is 16.0. The molecule has 0 aromatic heterocycles. The van der Waals surface area contributed by atoms with Crippen LogP contribution in [-0.4, -0.2) is 43.9 Å². The van der Waals surface area contributed by atoms with Crippen molar-refractivity contribution in [2.45, 2.75) is 6.17 Å². The number of likely N-dealkylation sites (N-methyl/N-ethyl adjacent to an activating group) is 1. The second-order valence-corrected chi connectivity index (χ2v) is 7.33. The molecule has 8 nitrogen and oxygen atoms in total. The second-order valence-electron chi connectivity index (χ2n) is 7.33. The standard InChI is InChI=1S/C25H22N4O4/c1-29-20-14-7-6-13-19(20)21(16-9-4-3-5-10-16)27-22(23(29)30)28-25(32)26-18-12-8-11-17(15-18)24(31)33-2/h3-15,22H,1-2H3,(H2,26,28,32)/t22-/m0/s1. The number of hydrogen-bond acceptors (Lipinski definition) is 5. The van der Waals surface area contributed by atoms with E-state index in [0.717, 1.165) is 11.1 Å². The lowest BCUT2D eigenvalue weighted by Crippen LogP contribution is -2.47. The molecule has 1 aliphatic heterocycles. The molecule has 33 heavy (non-hydrogen) atoms. The van der Waals surface area contributed by atoms with Crippen molar-refractivity contribution in [3.63, 3.8) is 0 Å². The molecule has 0 aliphatic carbocycles. The predicted octanol–water partition coefficient (Wildman–Crippen LogP) is 3.43. The summed E-state index contributed by atoms with van der Waals surface area (Å²) in [4.78, 5) is 43.8. The maximum Gasteiger partial charge on any atom is 0.337 e. The third-order valence-electron chi connectivity index (χ3n) is 5.20. The molecular weight excluding hydrogens is 420 g/mol. The van der Waals surface area contributed by atoms with Crippen molar-refractivity contribution in [2.75, 3.05) is 24.4 Å². The molecule has 0 fully saturated rings. The van der Waals surface area contributed by atoms with Crippen molar-refractivity contribution in [3.8, 4) is 0 Å². The Labute approximate surface area is 190 Å². The fourth-order valence-electron chi connectivity index (χ4n) is 3.58. The van der Waals surface area contributed by atoms with Gasteiger partial charge >= 0.3 is 12.0 Å². The molecule has 0 unspecified atom stereocenters. The summed E-state index contributed by atoms with van der Waals surface area (Å²) in [5.41, 5.74) is 3.57. The fraction of sp³-hybridized carbons (Fsp3) is 0.120. The van der Waals surface area contributed by atoms with Crippen LogP contribution in [-0.2, 0) is 9.53 Å². The number of para-hydroxylation sites is 1. The number of rotatable bonds is 4.